The maximum atomic E-state index is 12.7. The van der Waals surface area contributed by atoms with Crippen molar-refractivity contribution < 1.29 is 14.3 Å². The monoisotopic (exact) mass is 393 g/mol. The molecule has 1 fully saturated rings. The second kappa shape index (κ2) is 8.22. The molecule has 0 radical (unpaired) electrons. The van der Waals surface area contributed by atoms with Crippen LogP contribution in [0.2, 0.25) is 0 Å². The highest BCUT2D eigenvalue weighted by Crippen LogP contribution is 2.30. The maximum absolute atomic E-state index is 12.7. The number of urea groups is 1. The topological polar surface area (TPSA) is 81.5 Å². The van der Waals surface area contributed by atoms with E-state index in [2.05, 4.69) is 15.6 Å². The van der Waals surface area contributed by atoms with Crippen molar-refractivity contribution in [3.05, 3.63) is 54.7 Å². The molecule has 1 N–H and O–H groups in total. The Balaban J connectivity index is 1.41. The second-order valence-corrected chi connectivity index (χ2v) is 6.83. The van der Waals surface area contributed by atoms with Gasteiger partial charge in [-0.25, -0.2) is 9.48 Å². The van der Waals surface area contributed by atoms with Gasteiger partial charge in [0.1, 0.15) is 17.2 Å². The number of carbonyl (C=O) groups is 1. The van der Waals surface area contributed by atoms with Crippen LogP contribution >= 0.6 is 0 Å². The summed E-state index contributed by atoms with van der Waals surface area (Å²) in [5, 5.41) is 11.5. The Kier molecular flexibility index (Phi) is 5.33. The first-order valence-electron chi connectivity index (χ1n) is 9.43. The van der Waals surface area contributed by atoms with Crippen LogP contribution in [0, 0.1) is 0 Å². The summed E-state index contributed by atoms with van der Waals surface area (Å²) in [6.45, 7) is 1.22. The van der Waals surface area contributed by atoms with E-state index in [4.69, 9.17) is 9.47 Å². The maximum Gasteiger partial charge on any atom is 0.322 e. The van der Waals surface area contributed by atoms with Crippen LogP contribution in [-0.4, -0.2) is 53.2 Å². The third-order valence-electron chi connectivity index (χ3n) is 5.05. The zero-order valence-corrected chi connectivity index (χ0v) is 16.4. The summed E-state index contributed by atoms with van der Waals surface area (Å²) in [6, 6.07) is 15.2. The van der Waals surface area contributed by atoms with Crippen molar-refractivity contribution in [2.45, 2.75) is 12.5 Å². The largest absolute Gasteiger partial charge is 0.497 e. The van der Waals surface area contributed by atoms with Crippen molar-refractivity contribution in [1.29, 1.82) is 0 Å². The molecule has 1 aliphatic rings. The summed E-state index contributed by atoms with van der Waals surface area (Å²) < 4.78 is 12.4. The fraction of sp³-hybridized carbons (Fsp3) is 0.286. The van der Waals surface area contributed by atoms with E-state index in [1.807, 2.05) is 41.2 Å². The van der Waals surface area contributed by atoms with Gasteiger partial charge in [0.15, 0.2) is 0 Å². The van der Waals surface area contributed by atoms with Crippen LogP contribution in [0.4, 0.5) is 10.5 Å². The molecule has 8 nitrogen and oxygen atoms in total. The number of anilines is 1. The number of hydrogen-bond donors (Lipinski definition) is 1. The van der Waals surface area contributed by atoms with Crippen molar-refractivity contribution in [1.82, 2.24) is 19.9 Å². The van der Waals surface area contributed by atoms with Crippen LogP contribution in [0.25, 0.3) is 11.3 Å². The molecule has 29 heavy (non-hydrogen) atoms. The smallest absolute Gasteiger partial charge is 0.322 e. The van der Waals surface area contributed by atoms with E-state index < -0.39 is 0 Å². The van der Waals surface area contributed by atoms with Crippen LogP contribution < -0.4 is 14.8 Å². The molecule has 1 aliphatic heterocycles. The van der Waals surface area contributed by atoms with Gasteiger partial charge in [0, 0.05) is 24.7 Å². The van der Waals surface area contributed by atoms with Gasteiger partial charge in [-0.2, -0.15) is 0 Å². The molecule has 2 amide bonds. The normalized spacial score (nSPS) is 15.9. The minimum atomic E-state index is -0.167. The van der Waals surface area contributed by atoms with Crippen molar-refractivity contribution in [2.75, 3.05) is 32.6 Å². The Labute approximate surface area is 169 Å². The molecule has 0 bridgehead atoms. The van der Waals surface area contributed by atoms with E-state index in [1.54, 1.807) is 37.3 Å². The molecule has 1 unspecified atom stereocenters. The van der Waals surface area contributed by atoms with Crippen LogP contribution in [0.3, 0.4) is 0 Å². The van der Waals surface area contributed by atoms with Gasteiger partial charge in [0.25, 0.3) is 0 Å². The van der Waals surface area contributed by atoms with Gasteiger partial charge in [0.2, 0.25) is 0 Å². The van der Waals surface area contributed by atoms with E-state index in [0.717, 1.165) is 17.7 Å². The number of hydrogen-bond acceptors (Lipinski definition) is 5. The summed E-state index contributed by atoms with van der Waals surface area (Å²) in [5.41, 5.74) is 2.46. The number of benzene rings is 2. The minimum Gasteiger partial charge on any atom is -0.497 e. The van der Waals surface area contributed by atoms with E-state index in [0.29, 0.717) is 30.3 Å². The number of likely N-dealkylation sites (tertiary alicyclic amines) is 1. The van der Waals surface area contributed by atoms with Gasteiger partial charge in [-0.1, -0.05) is 35.5 Å². The van der Waals surface area contributed by atoms with Crippen molar-refractivity contribution in [3.8, 4) is 22.8 Å². The first-order chi connectivity index (χ1) is 14.2. The lowest BCUT2D eigenvalue weighted by Crippen LogP contribution is -2.33. The molecular formula is C21H23N5O3. The fourth-order valence-electron chi connectivity index (χ4n) is 3.43. The summed E-state index contributed by atoms with van der Waals surface area (Å²) in [4.78, 5) is 14.5. The zero-order chi connectivity index (χ0) is 20.2. The predicted octanol–water partition coefficient (Wildman–Crippen LogP) is 3.44. The summed E-state index contributed by atoms with van der Waals surface area (Å²) >= 11 is 0. The fourth-order valence-corrected chi connectivity index (χ4v) is 3.43. The highest BCUT2D eigenvalue weighted by molar-refractivity contribution is 5.91. The van der Waals surface area contributed by atoms with Gasteiger partial charge in [-0.05, 0) is 18.6 Å². The molecule has 0 aliphatic carbocycles. The number of aromatic nitrogens is 3. The highest BCUT2D eigenvalue weighted by Gasteiger charge is 2.29. The number of rotatable bonds is 5. The molecule has 1 atom stereocenters. The Bertz CT molecular complexity index is 989. The second-order valence-electron chi connectivity index (χ2n) is 6.83. The SMILES string of the molecule is COc1ccc(NC(=O)N2CCC(n3cc(-c4ccccc4)nn3)C2)c(OC)c1. The summed E-state index contributed by atoms with van der Waals surface area (Å²) in [6.07, 6.45) is 2.76. The molecular weight excluding hydrogens is 370 g/mol. The Hall–Kier alpha value is -3.55. The molecule has 150 valence electrons. The van der Waals surface area contributed by atoms with Gasteiger partial charge >= 0.3 is 6.03 Å². The number of carbonyl (C=O) groups excluding carboxylic acids is 1. The van der Waals surface area contributed by atoms with Gasteiger partial charge < -0.3 is 19.7 Å². The summed E-state index contributed by atoms with van der Waals surface area (Å²) in [5.74, 6) is 1.22. The number of methoxy groups -OCH3 is 2. The lowest BCUT2D eigenvalue weighted by molar-refractivity contribution is 0.220. The van der Waals surface area contributed by atoms with E-state index >= 15 is 0 Å². The average molecular weight is 393 g/mol. The molecule has 3 aromatic rings. The molecule has 4 rings (SSSR count). The number of nitrogens with zero attached hydrogens (tertiary/aromatic N) is 4. The third kappa shape index (κ3) is 4.01. The molecule has 1 saturated heterocycles. The van der Waals surface area contributed by atoms with Crippen LogP contribution in [0.1, 0.15) is 12.5 Å². The number of nitrogens with one attached hydrogen (secondary N) is 1. The number of amides is 2. The van der Waals surface area contributed by atoms with Gasteiger partial charge in [0.05, 0.1) is 32.1 Å². The average Bonchev–Trinajstić information content (AvgIpc) is 3.44. The van der Waals surface area contributed by atoms with Gasteiger partial charge in [-0.3, -0.25) is 0 Å². The molecule has 2 aromatic carbocycles. The standard InChI is InChI=1S/C21H23N5O3/c1-28-17-8-9-18(20(12-17)29-2)22-21(27)25-11-10-16(13-25)26-14-19(23-24-26)15-6-4-3-5-7-15/h3-9,12,14,16H,10-11,13H2,1-2H3,(H,22,27). The Morgan fingerprint density at radius 1 is 1.14 bits per heavy atom. The highest BCUT2D eigenvalue weighted by atomic mass is 16.5. The van der Waals surface area contributed by atoms with Crippen molar-refractivity contribution in [3.63, 3.8) is 0 Å². The van der Waals surface area contributed by atoms with E-state index in [9.17, 15) is 4.79 Å². The summed E-state index contributed by atoms with van der Waals surface area (Å²) in [7, 11) is 3.15. The van der Waals surface area contributed by atoms with Crippen LogP contribution in [0.15, 0.2) is 54.7 Å². The van der Waals surface area contributed by atoms with Crippen LogP contribution in [0.5, 0.6) is 11.5 Å². The molecule has 0 saturated carbocycles. The zero-order valence-electron chi connectivity index (χ0n) is 16.4. The Morgan fingerprint density at radius 3 is 2.72 bits per heavy atom. The molecule has 0 spiro atoms. The molecule has 8 heteroatoms. The molecule has 2 heterocycles. The van der Waals surface area contributed by atoms with E-state index in [1.165, 1.54) is 0 Å². The Morgan fingerprint density at radius 2 is 1.97 bits per heavy atom. The van der Waals surface area contributed by atoms with Crippen molar-refractivity contribution >= 4 is 11.7 Å². The van der Waals surface area contributed by atoms with Gasteiger partial charge in [-0.15, -0.1) is 5.10 Å². The minimum absolute atomic E-state index is 0.100. The first kappa shape index (κ1) is 18.8. The van der Waals surface area contributed by atoms with Crippen molar-refractivity contribution in [2.24, 2.45) is 0 Å². The van der Waals surface area contributed by atoms with E-state index in [-0.39, 0.29) is 12.1 Å². The lowest BCUT2D eigenvalue weighted by atomic mass is 10.2. The quantitative estimate of drug-likeness (QED) is 0.718. The predicted molar refractivity (Wildman–Crippen MR) is 109 cm³/mol. The lowest BCUT2D eigenvalue weighted by Gasteiger charge is -2.18. The first-order valence-corrected chi connectivity index (χ1v) is 9.43. The van der Waals surface area contributed by atoms with Crippen LogP contribution in [-0.2, 0) is 0 Å². The third-order valence-corrected chi connectivity index (χ3v) is 5.05. The number of ether oxygens (including phenoxy) is 2. The molecule has 1 aromatic heterocycles.